The molecule has 2 N–H and O–H groups in total. The molecule has 0 amide bonds. The predicted molar refractivity (Wildman–Crippen MR) is 89.7 cm³/mol. The lowest BCUT2D eigenvalue weighted by Gasteiger charge is -2.16. The molecule has 0 fully saturated rings. The maximum atomic E-state index is 9.92. The van der Waals surface area contributed by atoms with Crippen molar-refractivity contribution in [2.75, 3.05) is 5.32 Å². The van der Waals surface area contributed by atoms with Gasteiger partial charge in [-0.3, -0.25) is 0 Å². The highest BCUT2D eigenvalue weighted by atomic mass is 79.9. The number of halogens is 1. The number of nitrogens with one attached hydrogen (secondary N) is 1. The van der Waals surface area contributed by atoms with Crippen molar-refractivity contribution in [3.05, 3.63) is 57.2 Å². The highest BCUT2D eigenvalue weighted by Crippen LogP contribution is 2.33. The first kappa shape index (κ1) is 13.5. The Labute approximate surface area is 130 Å². The van der Waals surface area contributed by atoms with Gasteiger partial charge in [0.15, 0.2) is 0 Å². The molecule has 2 nitrogen and oxygen atoms in total. The zero-order valence-corrected chi connectivity index (χ0v) is 13.3. The van der Waals surface area contributed by atoms with Crippen LogP contribution in [-0.2, 0) is 0 Å². The van der Waals surface area contributed by atoms with E-state index < -0.39 is 0 Å². The van der Waals surface area contributed by atoms with Crippen LogP contribution in [0.2, 0.25) is 0 Å². The zero-order valence-electron chi connectivity index (χ0n) is 10.9. The average Bonchev–Trinajstić information content (AvgIpc) is 2.87. The van der Waals surface area contributed by atoms with Crippen LogP contribution < -0.4 is 5.32 Å². The van der Waals surface area contributed by atoms with Gasteiger partial charge in [-0.1, -0.05) is 24.3 Å². The van der Waals surface area contributed by atoms with E-state index in [1.165, 1.54) is 4.88 Å². The number of benzene rings is 2. The van der Waals surface area contributed by atoms with E-state index in [4.69, 9.17) is 0 Å². The van der Waals surface area contributed by atoms with Gasteiger partial charge in [0, 0.05) is 31.2 Å². The van der Waals surface area contributed by atoms with Gasteiger partial charge in [-0.2, -0.15) is 0 Å². The molecule has 0 aliphatic heterocycles. The van der Waals surface area contributed by atoms with Gasteiger partial charge in [0.2, 0.25) is 0 Å². The fourth-order valence-corrected chi connectivity index (χ4v) is 3.73. The van der Waals surface area contributed by atoms with Gasteiger partial charge in [0.1, 0.15) is 5.75 Å². The number of phenols is 1. The minimum absolute atomic E-state index is 0.222. The van der Waals surface area contributed by atoms with Crippen LogP contribution >= 0.6 is 27.3 Å². The molecule has 0 saturated heterocycles. The molecule has 0 aliphatic rings. The maximum absolute atomic E-state index is 9.92. The van der Waals surface area contributed by atoms with Crippen LogP contribution in [0.5, 0.6) is 5.75 Å². The molecule has 0 spiro atoms. The summed E-state index contributed by atoms with van der Waals surface area (Å²) in [5.41, 5.74) is 1.04. The van der Waals surface area contributed by atoms with Gasteiger partial charge < -0.3 is 10.4 Å². The van der Waals surface area contributed by atoms with Gasteiger partial charge >= 0.3 is 0 Å². The molecule has 102 valence electrons. The molecule has 0 radical (unpaired) electrons. The number of hydrogen-bond donors (Lipinski definition) is 2. The van der Waals surface area contributed by atoms with Gasteiger partial charge in [-0.25, -0.2) is 0 Å². The Bertz CT molecular complexity index is 753. The van der Waals surface area contributed by atoms with Crippen LogP contribution in [0.3, 0.4) is 0 Å². The first-order valence-corrected chi connectivity index (χ1v) is 8.03. The van der Waals surface area contributed by atoms with Crippen molar-refractivity contribution in [1.29, 1.82) is 0 Å². The lowest BCUT2D eigenvalue weighted by atomic mass is 10.1. The molecule has 1 unspecified atom stereocenters. The van der Waals surface area contributed by atoms with Gasteiger partial charge in [0.25, 0.3) is 0 Å². The van der Waals surface area contributed by atoms with Crippen LogP contribution in [0.1, 0.15) is 17.8 Å². The number of thiophene rings is 1. The summed E-state index contributed by atoms with van der Waals surface area (Å²) in [5.74, 6) is 0.317. The van der Waals surface area contributed by atoms with Crippen molar-refractivity contribution in [2.45, 2.75) is 13.0 Å². The monoisotopic (exact) mass is 347 g/mol. The highest BCUT2D eigenvalue weighted by Gasteiger charge is 2.10. The van der Waals surface area contributed by atoms with Crippen molar-refractivity contribution < 1.29 is 5.11 Å². The minimum atomic E-state index is 0.222. The first-order chi connectivity index (χ1) is 9.65. The van der Waals surface area contributed by atoms with Crippen LogP contribution in [0.4, 0.5) is 5.69 Å². The van der Waals surface area contributed by atoms with E-state index >= 15 is 0 Å². The molecule has 1 aromatic heterocycles. The zero-order chi connectivity index (χ0) is 14.1. The average molecular weight is 348 g/mol. The Morgan fingerprint density at radius 3 is 2.65 bits per heavy atom. The van der Waals surface area contributed by atoms with E-state index in [2.05, 4.69) is 39.6 Å². The molecular weight excluding hydrogens is 334 g/mol. The van der Waals surface area contributed by atoms with Gasteiger partial charge in [0.05, 0.1) is 6.04 Å². The molecule has 3 aromatic rings. The SMILES string of the molecule is CC(Nc1cccc2c(O)cccc12)c1cc(Br)cs1. The Morgan fingerprint density at radius 1 is 1.15 bits per heavy atom. The van der Waals surface area contributed by atoms with E-state index in [0.717, 1.165) is 20.9 Å². The fourth-order valence-electron chi connectivity index (χ4n) is 2.28. The van der Waals surface area contributed by atoms with Gasteiger partial charge in [-0.15, -0.1) is 11.3 Å². The van der Waals surface area contributed by atoms with Crippen molar-refractivity contribution >= 4 is 43.7 Å². The number of hydrogen-bond acceptors (Lipinski definition) is 3. The number of aromatic hydroxyl groups is 1. The maximum Gasteiger partial charge on any atom is 0.123 e. The summed E-state index contributed by atoms with van der Waals surface area (Å²) in [6.45, 7) is 2.14. The normalized spacial score (nSPS) is 12.5. The second-order valence-electron chi connectivity index (χ2n) is 4.71. The number of rotatable bonds is 3. The molecule has 0 saturated carbocycles. The summed E-state index contributed by atoms with van der Waals surface area (Å²) in [6, 6.07) is 13.9. The Kier molecular flexibility index (Phi) is 3.68. The van der Waals surface area contributed by atoms with Crippen molar-refractivity contribution in [3.63, 3.8) is 0 Å². The van der Waals surface area contributed by atoms with E-state index in [9.17, 15) is 5.11 Å². The summed E-state index contributed by atoms with van der Waals surface area (Å²) < 4.78 is 1.11. The molecule has 1 heterocycles. The third kappa shape index (κ3) is 2.53. The quantitative estimate of drug-likeness (QED) is 0.651. The smallest absolute Gasteiger partial charge is 0.123 e. The molecule has 20 heavy (non-hydrogen) atoms. The lowest BCUT2D eigenvalue weighted by molar-refractivity contribution is 0.481. The van der Waals surface area contributed by atoms with Crippen molar-refractivity contribution in [2.24, 2.45) is 0 Å². The van der Waals surface area contributed by atoms with Crippen molar-refractivity contribution in [1.82, 2.24) is 0 Å². The third-order valence-electron chi connectivity index (χ3n) is 3.29. The number of anilines is 1. The third-order valence-corrected chi connectivity index (χ3v) is 5.16. The van der Waals surface area contributed by atoms with E-state index in [1.54, 1.807) is 17.4 Å². The molecule has 2 aromatic carbocycles. The van der Waals surface area contributed by atoms with Crippen molar-refractivity contribution in [3.8, 4) is 5.75 Å². The molecule has 0 bridgehead atoms. The standard InChI is InChI=1S/C16H14BrNOS/c1-10(16-8-11(17)9-20-16)18-14-6-2-5-13-12(14)4-3-7-15(13)19/h2-10,18-19H,1H3. The summed E-state index contributed by atoms with van der Waals surface area (Å²) in [5, 5.41) is 17.4. The second-order valence-corrected chi connectivity index (χ2v) is 6.57. The number of fused-ring (bicyclic) bond motifs is 1. The van der Waals surface area contributed by atoms with Crippen LogP contribution in [0.25, 0.3) is 10.8 Å². The second kappa shape index (κ2) is 5.46. The lowest BCUT2D eigenvalue weighted by Crippen LogP contribution is -2.05. The van der Waals surface area contributed by atoms with E-state index in [0.29, 0.717) is 5.75 Å². The summed E-state index contributed by atoms with van der Waals surface area (Å²) >= 11 is 5.21. The molecule has 3 rings (SSSR count). The predicted octanol–water partition coefficient (Wildman–Crippen LogP) is 5.54. The largest absolute Gasteiger partial charge is 0.507 e. The molecule has 1 atom stereocenters. The molecule has 4 heteroatoms. The Hall–Kier alpha value is -1.52. The summed E-state index contributed by atoms with van der Waals surface area (Å²) in [4.78, 5) is 1.27. The Morgan fingerprint density at radius 2 is 1.90 bits per heavy atom. The van der Waals surface area contributed by atoms with E-state index in [1.807, 2.05) is 30.3 Å². The van der Waals surface area contributed by atoms with E-state index in [-0.39, 0.29) is 6.04 Å². The fraction of sp³-hybridized carbons (Fsp3) is 0.125. The highest BCUT2D eigenvalue weighted by molar-refractivity contribution is 9.10. The first-order valence-electron chi connectivity index (χ1n) is 6.36. The van der Waals surface area contributed by atoms with Crippen LogP contribution in [-0.4, -0.2) is 5.11 Å². The summed E-state index contributed by atoms with van der Waals surface area (Å²) in [7, 11) is 0. The summed E-state index contributed by atoms with van der Waals surface area (Å²) in [6.07, 6.45) is 0. The van der Waals surface area contributed by atoms with Crippen LogP contribution in [0, 0.1) is 0 Å². The number of phenolic OH excluding ortho intramolecular Hbond substituents is 1. The van der Waals surface area contributed by atoms with Gasteiger partial charge in [-0.05, 0) is 41.1 Å². The Balaban J connectivity index is 1.97. The molecule has 0 aliphatic carbocycles. The van der Waals surface area contributed by atoms with Crippen LogP contribution in [0.15, 0.2) is 52.3 Å². The topological polar surface area (TPSA) is 32.3 Å². The minimum Gasteiger partial charge on any atom is -0.507 e. The molecular formula is C16H14BrNOS.